The lowest BCUT2D eigenvalue weighted by Crippen LogP contribution is -2.28. The summed E-state index contributed by atoms with van der Waals surface area (Å²) in [4.78, 5) is 2.31. The van der Waals surface area contributed by atoms with Crippen LogP contribution in [0.1, 0.15) is 11.1 Å². The van der Waals surface area contributed by atoms with Gasteiger partial charge in [-0.2, -0.15) is 0 Å². The van der Waals surface area contributed by atoms with E-state index in [1.54, 1.807) is 12.1 Å². The van der Waals surface area contributed by atoms with Crippen LogP contribution in [0.3, 0.4) is 0 Å². The van der Waals surface area contributed by atoms with Crippen LogP contribution in [0.25, 0.3) is 0 Å². The molecule has 0 amide bonds. The summed E-state index contributed by atoms with van der Waals surface area (Å²) in [6.45, 7) is 3.23. The summed E-state index contributed by atoms with van der Waals surface area (Å²) in [6, 6.07) is 17.7. The van der Waals surface area contributed by atoms with Gasteiger partial charge < -0.3 is 10.8 Å². The Balaban J connectivity index is 2.01. The Morgan fingerprint density at radius 3 is 2.00 bits per heavy atom. The minimum Gasteiger partial charge on any atom is -0.508 e. The zero-order chi connectivity index (χ0) is 13.5. The molecule has 0 radical (unpaired) electrons. The Morgan fingerprint density at radius 2 is 1.42 bits per heavy atom. The number of nitrogens with zero attached hydrogens (tertiary/aromatic N) is 1. The fraction of sp³-hybridized carbons (Fsp3) is 0.250. The Bertz CT molecular complexity index is 482. The predicted octanol–water partition coefficient (Wildman–Crippen LogP) is 2.35. The van der Waals surface area contributed by atoms with Crippen molar-refractivity contribution in [2.24, 2.45) is 5.73 Å². The lowest BCUT2D eigenvalue weighted by atomic mass is 10.1. The van der Waals surface area contributed by atoms with Crippen molar-refractivity contribution >= 4 is 0 Å². The molecule has 3 N–H and O–H groups in total. The lowest BCUT2D eigenvalue weighted by molar-refractivity contribution is 0.264. The third kappa shape index (κ3) is 4.39. The second kappa shape index (κ2) is 6.92. The first-order chi connectivity index (χ1) is 9.28. The Kier molecular flexibility index (Phi) is 4.95. The number of aromatic hydroxyl groups is 1. The summed E-state index contributed by atoms with van der Waals surface area (Å²) in [5, 5.41) is 9.30. The first kappa shape index (κ1) is 13.6. The van der Waals surface area contributed by atoms with Crippen LogP contribution < -0.4 is 5.73 Å². The molecule has 100 valence electrons. The highest BCUT2D eigenvalue weighted by Gasteiger charge is 2.06. The number of nitrogens with two attached hydrogens (primary N) is 1. The van der Waals surface area contributed by atoms with Crippen LogP contribution in [0.15, 0.2) is 54.6 Å². The van der Waals surface area contributed by atoms with Crippen LogP contribution in [0.2, 0.25) is 0 Å². The maximum Gasteiger partial charge on any atom is 0.115 e. The van der Waals surface area contributed by atoms with Crippen LogP contribution in [0.5, 0.6) is 5.75 Å². The molecule has 0 saturated carbocycles. The SMILES string of the molecule is NCCN(Cc1ccccc1)Cc1ccc(O)cc1. The van der Waals surface area contributed by atoms with Crippen LogP contribution in [-0.4, -0.2) is 23.1 Å². The highest BCUT2D eigenvalue weighted by atomic mass is 16.3. The Labute approximate surface area is 114 Å². The standard InChI is InChI=1S/C16H20N2O/c17-10-11-18(12-14-4-2-1-3-5-14)13-15-6-8-16(19)9-7-15/h1-9,19H,10-13,17H2. The summed E-state index contributed by atoms with van der Waals surface area (Å²) >= 11 is 0. The second-order valence-electron chi connectivity index (χ2n) is 4.65. The molecular formula is C16H20N2O. The summed E-state index contributed by atoms with van der Waals surface area (Å²) in [5.74, 6) is 0.303. The molecule has 2 aromatic rings. The summed E-state index contributed by atoms with van der Waals surface area (Å²) < 4.78 is 0. The highest BCUT2D eigenvalue weighted by Crippen LogP contribution is 2.13. The molecule has 2 aromatic carbocycles. The van der Waals surface area contributed by atoms with Crippen molar-refractivity contribution in [1.82, 2.24) is 4.90 Å². The van der Waals surface area contributed by atoms with E-state index in [-0.39, 0.29) is 0 Å². The van der Waals surface area contributed by atoms with E-state index in [4.69, 9.17) is 5.73 Å². The largest absolute Gasteiger partial charge is 0.508 e. The molecule has 0 aliphatic rings. The number of phenolic OH excluding ortho intramolecular Hbond substituents is 1. The van der Waals surface area contributed by atoms with Crippen molar-refractivity contribution in [2.45, 2.75) is 13.1 Å². The van der Waals surface area contributed by atoms with Crippen molar-refractivity contribution in [3.8, 4) is 5.75 Å². The van der Waals surface area contributed by atoms with Gasteiger partial charge in [-0.1, -0.05) is 42.5 Å². The molecule has 0 spiro atoms. The van der Waals surface area contributed by atoms with E-state index in [0.717, 1.165) is 19.6 Å². The van der Waals surface area contributed by atoms with E-state index in [1.165, 1.54) is 11.1 Å². The predicted molar refractivity (Wildman–Crippen MR) is 77.7 cm³/mol. The van der Waals surface area contributed by atoms with Gasteiger partial charge >= 0.3 is 0 Å². The molecule has 0 unspecified atom stereocenters. The number of rotatable bonds is 6. The fourth-order valence-corrected chi connectivity index (χ4v) is 2.10. The zero-order valence-corrected chi connectivity index (χ0v) is 11.0. The van der Waals surface area contributed by atoms with Crippen molar-refractivity contribution in [2.75, 3.05) is 13.1 Å². The molecule has 0 aromatic heterocycles. The Hall–Kier alpha value is -1.84. The normalized spacial score (nSPS) is 10.8. The van der Waals surface area contributed by atoms with Gasteiger partial charge in [-0.15, -0.1) is 0 Å². The van der Waals surface area contributed by atoms with Crippen molar-refractivity contribution in [1.29, 1.82) is 0 Å². The second-order valence-corrected chi connectivity index (χ2v) is 4.65. The van der Waals surface area contributed by atoms with Crippen LogP contribution in [0.4, 0.5) is 0 Å². The van der Waals surface area contributed by atoms with Gasteiger partial charge in [-0.25, -0.2) is 0 Å². The smallest absolute Gasteiger partial charge is 0.115 e. The van der Waals surface area contributed by atoms with E-state index in [9.17, 15) is 5.11 Å². The molecule has 2 rings (SSSR count). The average Bonchev–Trinajstić information content (AvgIpc) is 2.43. The van der Waals surface area contributed by atoms with Gasteiger partial charge in [0.15, 0.2) is 0 Å². The minimum atomic E-state index is 0.303. The molecule has 3 heteroatoms. The van der Waals surface area contributed by atoms with Gasteiger partial charge in [0.05, 0.1) is 0 Å². The van der Waals surface area contributed by atoms with E-state index in [2.05, 4.69) is 29.2 Å². The van der Waals surface area contributed by atoms with Crippen molar-refractivity contribution in [3.05, 3.63) is 65.7 Å². The summed E-state index contributed by atoms with van der Waals surface area (Å²) in [7, 11) is 0. The van der Waals surface area contributed by atoms with E-state index >= 15 is 0 Å². The molecule has 3 nitrogen and oxygen atoms in total. The van der Waals surface area contributed by atoms with Crippen LogP contribution in [-0.2, 0) is 13.1 Å². The number of benzene rings is 2. The van der Waals surface area contributed by atoms with Gasteiger partial charge in [-0.05, 0) is 23.3 Å². The third-order valence-electron chi connectivity index (χ3n) is 3.04. The molecule has 0 heterocycles. The molecular weight excluding hydrogens is 236 g/mol. The zero-order valence-electron chi connectivity index (χ0n) is 11.0. The molecule has 0 saturated heterocycles. The number of hydrogen-bond donors (Lipinski definition) is 2. The summed E-state index contributed by atoms with van der Waals surface area (Å²) in [6.07, 6.45) is 0. The van der Waals surface area contributed by atoms with Crippen LogP contribution in [0, 0.1) is 0 Å². The van der Waals surface area contributed by atoms with E-state index < -0.39 is 0 Å². The van der Waals surface area contributed by atoms with E-state index in [1.807, 2.05) is 18.2 Å². The number of phenols is 1. The molecule has 0 bridgehead atoms. The van der Waals surface area contributed by atoms with Gasteiger partial charge in [0.25, 0.3) is 0 Å². The van der Waals surface area contributed by atoms with E-state index in [0.29, 0.717) is 12.3 Å². The van der Waals surface area contributed by atoms with Crippen molar-refractivity contribution in [3.63, 3.8) is 0 Å². The Morgan fingerprint density at radius 1 is 0.842 bits per heavy atom. The highest BCUT2D eigenvalue weighted by molar-refractivity contribution is 5.26. The monoisotopic (exact) mass is 256 g/mol. The first-order valence-electron chi connectivity index (χ1n) is 6.52. The maximum atomic E-state index is 9.30. The van der Waals surface area contributed by atoms with Crippen molar-refractivity contribution < 1.29 is 5.11 Å². The fourth-order valence-electron chi connectivity index (χ4n) is 2.10. The van der Waals surface area contributed by atoms with Gasteiger partial charge in [0.2, 0.25) is 0 Å². The molecule has 19 heavy (non-hydrogen) atoms. The first-order valence-corrected chi connectivity index (χ1v) is 6.52. The number of hydrogen-bond acceptors (Lipinski definition) is 3. The van der Waals surface area contributed by atoms with Gasteiger partial charge in [0.1, 0.15) is 5.75 Å². The van der Waals surface area contributed by atoms with Gasteiger partial charge in [-0.3, -0.25) is 4.90 Å². The topological polar surface area (TPSA) is 49.5 Å². The molecule has 0 aliphatic heterocycles. The average molecular weight is 256 g/mol. The maximum absolute atomic E-state index is 9.30. The molecule has 0 aliphatic carbocycles. The minimum absolute atomic E-state index is 0.303. The quantitative estimate of drug-likeness (QED) is 0.834. The summed E-state index contributed by atoms with van der Waals surface area (Å²) in [5.41, 5.74) is 8.15. The molecule has 0 atom stereocenters. The third-order valence-corrected chi connectivity index (χ3v) is 3.04. The lowest BCUT2D eigenvalue weighted by Gasteiger charge is -2.21. The van der Waals surface area contributed by atoms with Gasteiger partial charge in [0, 0.05) is 26.2 Å². The van der Waals surface area contributed by atoms with Crippen LogP contribution >= 0.6 is 0 Å². The molecule has 0 fully saturated rings.